The van der Waals surface area contributed by atoms with Crippen LogP contribution in [0.15, 0.2) is 42.6 Å². The van der Waals surface area contributed by atoms with Crippen LogP contribution in [0.3, 0.4) is 0 Å². The summed E-state index contributed by atoms with van der Waals surface area (Å²) < 4.78 is 5.00. The predicted molar refractivity (Wildman–Crippen MR) is 107 cm³/mol. The summed E-state index contributed by atoms with van der Waals surface area (Å²) in [7, 11) is 0. The normalized spacial score (nSPS) is 13.9. The largest absolute Gasteiger partial charge is 0.450 e. The zero-order chi connectivity index (χ0) is 19.9. The Kier molecular flexibility index (Phi) is 6.47. The molecule has 1 aliphatic heterocycles. The van der Waals surface area contributed by atoms with Crippen molar-refractivity contribution >= 4 is 17.8 Å². The van der Waals surface area contributed by atoms with Crippen molar-refractivity contribution in [3.05, 3.63) is 59.3 Å². The van der Waals surface area contributed by atoms with Crippen molar-refractivity contribution in [3.8, 4) is 0 Å². The molecule has 2 amide bonds. The number of carbonyl (C=O) groups is 2. The van der Waals surface area contributed by atoms with Gasteiger partial charge in [-0.15, -0.1) is 0 Å². The molecule has 7 heteroatoms. The van der Waals surface area contributed by atoms with Gasteiger partial charge >= 0.3 is 6.09 Å². The monoisotopic (exact) mass is 382 g/mol. The van der Waals surface area contributed by atoms with Gasteiger partial charge in [0.05, 0.1) is 12.2 Å². The molecular weight excluding hydrogens is 356 g/mol. The highest BCUT2D eigenvalue weighted by Gasteiger charge is 2.25. The lowest BCUT2D eigenvalue weighted by atomic mass is 10.1. The number of hydrogen-bond acceptors (Lipinski definition) is 5. The first-order valence-electron chi connectivity index (χ1n) is 9.54. The Morgan fingerprint density at radius 1 is 1.07 bits per heavy atom. The van der Waals surface area contributed by atoms with Gasteiger partial charge in [0.15, 0.2) is 0 Å². The number of carbonyl (C=O) groups excluding carboxylic acids is 2. The summed E-state index contributed by atoms with van der Waals surface area (Å²) in [4.78, 5) is 32.2. The minimum atomic E-state index is -0.319. The fourth-order valence-corrected chi connectivity index (χ4v) is 3.11. The van der Waals surface area contributed by atoms with E-state index in [1.807, 2.05) is 18.2 Å². The number of nitrogens with zero attached hydrogens (tertiary/aromatic N) is 3. The average molecular weight is 382 g/mol. The molecule has 0 aliphatic carbocycles. The molecule has 0 saturated carbocycles. The van der Waals surface area contributed by atoms with Gasteiger partial charge < -0.3 is 19.9 Å². The Morgan fingerprint density at radius 2 is 1.79 bits per heavy atom. The van der Waals surface area contributed by atoms with E-state index >= 15 is 0 Å². The molecule has 1 N–H and O–H groups in total. The fourth-order valence-electron chi connectivity index (χ4n) is 3.11. The molecule has 7 nitrogen and oxygen atoms in total. The smallest absolute Gasteiger partial charge is 0.409 e. The first kappa shape index (κ1) is 19.7. The summed E-state index contributed by atoms with van der Waals surface area (Å²) in [5.41, 5.74) is 2.98. The summed E-state index contributed by atoms with van der Waals surface area (Å²) >= 11 is 0. The highest BCUT2D eigenvalue weighted by molar-refractivity contribution is 5.94. The number of benzene rings is 1. The van der Waals surface area contributed by atoms with Crippen LogP contribution in [0, 0.1) is 6.92 Å². The Labute approximate surface area is 165 Å². The summed E-state index contributed by atoms with van der Waals surface area (Å²) in [6, 6.07) is 11.8. The van der Waals surface area contributed by atoms with Crippen LogP contribution in [0.25, 0.3) is 0 Å². The van der Waals surface area contributed by atoms with E-state index in [1.165, 1.54) is 11.1 Å². The third-order valence-corrected chi connectivity index (χ3v) is 4.82. The number of pyridine rings is 1. The van der Waals surface area contributed by atoms with E-state index in [0.717, 1.165) is 5.82 Å². The quantitative estimate of drug-likeness (QED) is 0.861. The van der Waals surface area contributed by atoms with E-state index < -0.39 is 0 Å². The standard InChI is InChI=1S/C21H26N4O3/c1-3-28-21(27)25-12-10-24(11-13-25)20(26)18-8-9-19(23-15-18)22-14-17-7-5-4-6-16(17)2/h4-9,15H,3,10-14H2,1-2H3,(H,22,23). The van der Waals surface area contributed by atoms with Gasteiger partial charge in [0.1, 0.15) is 5.82 Å². The van der Waals surface area contributed by atoms with Crippen LogP contribution in [0.1, 0.15) is 28.4 Å². The molecule has 0 bridgehead atoms. The zero-order valence-electron chi connectivity index (χ0n) is 16.4. The Morgan fingerprint density at radius 3 is 2.43 bits per heavy atom. The number of nitrogens with one attached hydrogen (secondary N) is 1. The number of rotatable bonds is 5. The SMILES string of the molecule is CCOC(=O)N1CCN(C(=O)c2ccc(NCc3ccccc3C)nc2)CC1. The number of amides is 2. The topological polar surface area (TPSA) is 74.8 Å². The molecule has 1 aliphatic rings. The minimum absolute atomic E-state index is 0.0681. The number of ether oxygens (including phenoxy) is 1. The first-order chi connectivity index (χ1) is 13.6. The van der Waals surface area contributed by atoms with Gasteiger partial charge in [-0.2, -0.15) is 0 Å². The lowest BCUT2D eigenvalue weighted by Gasteiger charge is -2.34. The van der Waals surface area contributed by atoms with Crippen molar-refractivity contribution < 1.29 is 14.3 Å². The maximum Gasteiger partial charge on any atom is 0.409 e. The van der Waals surface area contributed by atoms with Crippen LogP contribution < -0.4 is 5.32 Å². The second kappa shape index (κ2) is 9.21. The van der Waals surface area contributed by atoms with Crippen molar-refractivity contribution in [2.45, 2.75) is 20.4 Å². The van der Waals surface area contributed by atoms with Gasteiger partial charge in [-0.1, -0.05) is 24.3 Å². The predicted octanol–water partition coefficient (Wildman–Crippen LogP) is 2.92. The Balaban J connectivity index is 1.53. The highest BCUT2D eigenvalue weighted by Crippen LogP contribution is 2.13. The van der Waals surface area contributed by atoms with Crippen molar-refractivity contribution in [2.24, 2.45) is 0 Å². The second-order valence-electron chi connectivity index (χ2n) is 6.69. The number of piperazine rings is 1. The van der Waals surface area contributed by atoms with Gasteiger partial charge in [-0.3, -0.25) is 4.79 Å². The number of anilines is 1. The zero-order valence-corrected chi connectivity index (χ0v) is 16.4. The lowest BCUT2D eigenvalue weighted by Crippen LogP contribution is -2.50. The highest BCUT2D eigenvalue weighted by atomic mass is 16.6. The lowest BCUT2D eigenvalue weighted by molar-refractivity contribution is 0.0570. The van der Waals surface area contributed by atoms with Crippen molar-refractivity contribution in [1.29, 1.82) is 0 Å². The van der Waals surface area contributed by atoms with E-state index in [1.54, 1.807) is 29.0 Å². The van der Waals surface area contributed by atoms with E-state index in [9.17, 15) is 9.59 Å². The maximum absolute atomic E-state index is 12.7. The molecule has 1 fully saturated rings. The molecule has 3 rings (SSSR count). The Bertz CT molecular complexity index is 815. The fraction of sp³-hybridized carbons (Fsp3) is 0.381. The third kappa shape index (κ3) is 4.79. The molecule has 1 saturated heterocycles. The summed E-state index contributed by atoms with van der Waals surface area (Å²) in [5.74, 6) is 0.661. The van der Waals surface area contributed by atoms with E-state index in [4.69, 9.17) is 4.74 Å². The van der Waals surface area contributed by atoms with Crippen LogP contribution in [-0.4, -0.2) is 59.6 Å². The number of aromatic nitrogens is 1. The summed E-state index contributed by atoms with van der Waals surface area (Å²) in [5, 5.41) is 3.28. The van der Waals surface area contributed by atoms with Crippen molar-refractivity contribution in [3.63, 3.8) is 0 Å². The van der Waals surface area contributed by atoms with Crippen LogP contribution in [0.5, 0.6) is 0 Å². The molecular formula is C21H26N4O3. The van der Waals surface area contributed by atoms with Gasteiger partial charge in [0.25, 0.3) is 5.91 Å². The van der Waals surface area contributed by atoms with Gasteiger partial charge in [0, 0.05) is 38.9 Å². The molecule has 0 radical (unpaired) electrons. The molecule has 0 spiro atoms. The molecule has 1 aromatic heterocycles. The number of hydrogen-bond donors (Lipinski definition) is 1. The molecule has 2 heterocycles. The van der Waals surface area contributed by atoms with E-state index in [-0.39, 0.29) is 12.0 Å². The van der Waals surface area contributed by atoms with Gasteiger partial charge in [0.2, 0.25) is 0 Å². The summed E-state index contributed by atoms with van der Waals surface area (Å²) in [6.07, 6.45) is 1.28. The van der Waals surface area contributed by atoms with Crippen LogP contribution in [0.2, 0.25) is 0 Å². The maximum atomic E-state index is 12.7. The molecule has 0 atom stereocenters. The minimum Gasteiger partial charge on any atom is -0.450 e. The van der Waals surface area contributed by atoms with E-state index in [0.29, 0.717) is 44.9 Å². The first-order valence-corrected chi connectivity index (χ1v) is 9.54. The van der Waals surface area contributed by atoms with E-state index in [2.05, 4.69) is 29.4 Å². The number of aryl methyl sites for hydroxylation is 1. The van der Waals surface area contributed by atoms with Crippen LogP contribution in [-0.2, 0) is 11.3 Å². The van der Waals surface area contributed by atoms with Crippen molar-refractivity contribution in [1.82, 2.24) is 14.8 Å². The van der Waals surface area contributed by atoms with Crippen LogP contribution in [0.4, 0.5) is 10.6 Å². The van der Waals surface area contributed by atoms with Gasteiger partial charge in [-0.05, 0) is 37.1 Å². The molecule has 0 unspecified atom stereocenters. The molecule has 1 aromatic carbocycles. The average Bonchev–Trinajstić information content (AvgIpc) is 2.73. The molecule has 2 aromatic rings. The van der Waals surface area contributed by atoms with Crippen LogP contribution >= 0.6 is 0 Å². The van der Waals surface area contributed by atoms with Crippen molar-refractivity contribution in [2.75, 3.05) is 38.1 Å². The van der Waals surface area contributed by atoms with Gasteiger partial charge in [-0.25, -0.2) is 9.78 Å². The summed E-state index contributed by atoms with van der Waals surface area (Å²) in [6.45, 7) is 6.84. The Hall–Kier alpha value is -3.09. The third-order valence-electron chi connectivity index (χ3n) is 4.82. The molecule has 28 heavy (non-hydrogen) atoms. The molecule has 148 valence electrons. The second-order valence-corrected chi connectivity index (χ2v) is 6.69.